The van der Waals surface area contributed by atoms with Crippen molar-refractivity contribution in [2.75, 3.05) is 6.54 Å². The van der Waals surface area contributed by atoms with E-state index in [2.05, 4.69) is 21.4 Å². The average Bonchev–Trinajstić information content (AvgIpc) is 3.10. The van der Waals surface area contributed by atoms with Gasteiger partial charge in [0.1, 0.15) is 0 Å². The van der Waals surface area contributed by atoms with E-state index >= 15 is 0 Å². The van der Waals surface area contributed by atoms with Crippen molar-refractivity contribution in [3.05, 3.63) is 53.6 Å². The third-order valence-corrected chi connectivity index (χ3v) is 3.76. The second kappa shape index (κ2) is 4.88. The van der Waals surface area contributed by atoms with Crippen LogP contribution in [0.1, 0.15) is 33.8 Å². The zero-order valence-corrected chi connectivity index (χ0v) is 10.9. The molecule has 1 fully saturated rings. The van der Waals surface area contributed by atoms with E-state index in [1.54, 1.807) is 12.4 Å². The van der Waals surface area contributed by atoms with Crippen LogP contribution in [-0.2, 0) is 0 Å². The van der Waals surface area contributed by atoms with Gasteiger partial charge in [-0.05, 0) is 42.4 Å². The summed E-state index contributed by atoms with van der Waals surface area (Å²) in [4.78, 5) is 19.0. The first-order valence-electron chi connectivity index (χ1n) is 6.57. The van der Waals surface area contributed by atoms with Gasteiger partial charge in [-0.1, -0.05) is 6.07 Å². The fourth-order valence-corrected chi connectivity index (χ4v) is 2.48. The van der Waals surface area contributed by atoms with E-state index in [9.17, 15) is 4.79 Å². The summed E-state index contributed by atoms with van der Waals surface area (Å²) in [5.41, 5.74) is 3.00. The van der Waals surface area contributed by atoms with E-state index in [0.717, 1.165) is 24.1 Å². The SMILES string of the molecule is Cc1c[nH]cc1C(=O)NC[C@@H]1C[C@H]1c1cccnc1. The molecule has 2 aromatic rings. The molecule has 0 saturated heterocycles. The van der Waals surface area contributed by atoms with Gasteiger partial charge in [0.15, 0.2) is 0 Å². The fraction of sp³-hybridized carbons (Fsp3) is 0.333. The highest BCUT2D eigenvalue weighted by atomic mass is 16.1. The molecule has 0 aromatic carbocycles. The molecule has 2 N–H and O–H groups in total. The van der Waals surface area contributed by atoms with Crippen molar-refractivity contribution in [3.63, 3.8) is 0 Å². The number of rotatable bonds is 4. The van der Waals surface area contributed by atoms with Crippen molar-refractivity contribution < 1.29 is 4.79 Å². The zero-order chi connectivity index (χ0) is 13.2. The van der Waals surface area contributed by atoms with Crippen LogP contribution in [0.15, 0.2) is 36.9 Å². The Kier molecular flexibility index (Phi) is 3.07. The molecule has 1 aliphatic carbocycles. The molecule has 2 aromatic heterocycles. The van der Waals surface area contributed by atoms with E-state index < -0.39 is 0 Å². The Bertz CT molecular complexity index is 576. The number of carbonyl (C=O) groups is 1. The fourth-order valence-electron chi connectivity index (χ4n) is 2.48. The molecule has 98 valence electrons. The molecular formula is C15H17N3O. The molecule has 0 spiro atoms. The number of H-pyrrole nitrogens is 1. The number of amides is 1. The average molecular weight is 255 g/mol. The molecule has 1 saturated carbocycles. The maximum atomic E-state index is 12.0. The minimum atomic E-state index is 0.00980. The Balaban J connectivity index is 1.53. The largest absolute Gasteiger partial charge is 0.367 e. The van der Waals surface area contributed by atoms with Crippen molar-refractivity contribution in [2.24, 2.45) is 5.92 Å². The summed E-state index contributed by atoms with van der Waals surface area (Å²) < 4.78 is 0. The highest BCUT2D eigenvalue weighted by molar-refractivity contribution is 5.95. The van der Waals surface area contributed by atoms with Gasteiger partial charge < -0.3 is 10.3 Å². The molecular weight excluding hydrogens is 238 g/mol. The molecule has 1 amide bonds. The third-order valence-electron chi connectivity index (χ3n) is 3.76. The van der Waals surface area contributed by atoms with Crippen molar-refractivity contribution in [3.8, 4) is 0 Å². The number of aromatic nitrogens is 2. The van der Waals surface area contributed by atoms with Gasteiger partial charge >= 0.3 is 0 Å². The van der Waals surface area contributed by atoms with E-state index in [-0.39, 0.29) is 5.91 Å². The quantitative estimate of drug-likeness (QED) is 0.880. The molecule has 2 atom stereocenters. The van der Waals surface area contributed by atoms with E-state index in [1.807, 2.05) is 25.4 Å². The molecule has 0 bridgehead atoms. The van der Waals surface area contributed by atoms with Crippen LogP contribution in [0.5, 0.6) is 0 Å². The summed E-state index contributed by atoms with van der Waals surface area (Å²) in [6.45, 7) is 2.67. The van der Waals surface area contributed by atoms with Gasteiger partial charge in [0.2, 0.25) is 0 Å². The molecule has 0 radical (unpaired) electrons. The molecule has 19 heavy (non-hydrogen) atoms. The number of aryl methyl sites for hydroxylation is 1. The lowest BCUT2D eigenvalue weighted by molar-refractivity contribution is 0.0951. The van der Waals surface area contributed by atoms with Crippen LogP contribution >= 0.6 is 0 Å². The Morgan fingerprint density at radius 1 is 1.53 bits per heavy atom. The summed E-state index contributed by atoms with van der Waals surface area (Å²) in [6, 6.07) is 4.07. The Labute approximate surface area is 112 Å². The molecule has 4 nitrogen and oxygen atoms in total. The molecule has 4 heteroatoms. The lowest BCUT2D eigenvalue weighted by Gasteiger charge is -2.04. The molecule has 1 aliphatic rings. The van der Waals surface area contributed by atoms with Gasteiger partial charge in [-0.2, -0.15) is 0 Å². The maximum Gasteiger partial charge on any atom is 0.253 e. The molecule has 0 unspecified atom stereocenters. The van der Waals surface area contributed by atoms with E-state index in [1.165, 1.54) is 5.56 Å². The highest BCUT2D eigenvalue weighted by Gasteiger charge is 2.38. The second-order valence-corrected chi connectivity index (χ2v) is 5.15. The zero-order valence-electron chi connectivity index (χ0n) is 10.9. The Morgan fingerprint density at radius 2 is 2.42 bits per heavy atom. The summed E-state index contributed by atoms with van der Waals surface area (Å²) in [5.74, 6) is 1.12. The normalized spacial score (nSPS) is 21.1. The predicted octanol–water partition coefficient (Wildman–Crippen LogP) is 2.25. The van der Waals surface area contributed by atoms with Crippen molar-refractivity contribution in [1.82, 2.24) is 15.3 Å². The van der Waals surface area contributed by atoms with Gasteiger partial charge in [-0.25, -0.2) is 0 Å². The van der Waals surface area contributed by atoms with Crippen LogP contribution in [0.4, 0.5) is 0 Å². The standard InChI is InChI=1S/C15H17N3O/c1-10-6-17-9-14(10)15(19)18-8-12-5-13(12)11-3-2-4-16-7-11/h2-4,6-7,9,12-13,17H,5,8H2,1H3,(H,18,19)/t12-,13-/m0/s1. The van der Waals surface area contributed by atoms with Crippen molar-refractivity contribution in [2.45, 2.75) is 19.3 Å². The summed E-state index contributed by atoms with van der Waals surface area (Å²) >= 11 is 0. The number of nitrogens with zero attached hydrogens (tertiary/aromatic N) is 1. The first-order chi connectivity index (χ1) is 9.25. The second-order valence-electron chi connectivity index (χ2n) is 5.15. The van der Waals surface area contributed by atoms with Crippen LogP contribution in [0.3, 0.4) is 0 Å². The lowest BCUT2D eigenvalue weighted by Crippen LogP contribution is -2.26. The lowest BCUT2D eigenvalue weighted by atomic mass is 10.1. The van der Waals surface area contributed by atoms with Crippen LogP contribution in [-0.4, -0.2) is 22.4 Å². The van der Waals surface area contributed by atoms with Crippen LogP contribution in [0, 0.1) is 12.8 Å². The summed E-state index contributed by atoms with van der Waals surface area (Å²) in [7, 11) is 0. The number of carbonyl (C=O) groups excluding carboxylic acids is 1. The smallest absolute Gasteiger partial charge is 0.253 e. The van der Waals surface area contributed by atoms with Crippen LogP contribution in [0.2, 0.25) is 0 Å². The highest BCUT2D eigenvalue weighted by Crippen LogP contribution is 2.46. The number of nitrogens with one attached hydrogen (secondary N) is 2. The third kappa shape index (κ3) is 2.52. The monoisotopic (exact) mass is 255 g/mol. The predicted molar refractivity (Wildman–Crippen MR) is 72.9 cm³/mol. The number of hydrogen-bond donors (Lipinski definition) is 2. The first-order valence-corrected chi connectivity index (χ1v) is 6.57. The van der Waals surface area contributed by atoms with E-state index in [0.29, 0.717) is 11.8 Å². The van der Waals surface area contributed by atoms with Gasteiger partial charge in [0.25, 0.3) is 5.91 Å². The van der Waals surface area contributed by atoms with Crippen molar-refractivity contribution >= 4 is 5.91 Å². The number of aromatic amines is 1. The van der Waals surface area contributed by atoms with Gasteiger partial charge in [0, 0.05) is 31.3 Å². The van der Waals surface area contributed by atoms with E-state index in [4.69, 9.17) is 0 Å². The topological polar surface area (TPSA) is 57.8 Å². The van der Waals surface area contributed by atoms with Crippen LogP contribution in [0.25, 0.3) is 0 Å². The Morgan fingerprint density at radius 3 is 3.11 bits per heavy atom. The number of pyridine rings is 1. The van der Waals surface area contributed by atoms with Gasteiger partial charge in [-0.3, -0.25) is 9.78 Å². The van der Waals surface area contributed by atoms with Crippen LogP contribution < -0.4 is 5.32 Å². The maximum absolute atomic E-state index is 12.0. The summed E-state index contributed by atoms with van der Waals surface area (Å²) in [6.07, 6.45) is 8.43. The molecule has 3 rings (SSSR count). The number of hydrogen-bond acceptors (Lipinski definition) is 2. The van der Waals surface area contributed by atoms with Gasteiger partial charge in [0.05, 0.1) is 5.56 Å². The molecule has 0 aliphatic heterocycles. The van der Waals surface area contributed by atoms with Gasteiger partial charge in [-0.15, -0.1) is 0 Å². The van der Waals surface area contributed by atoms with Crippen molar-refractivity contribution in [1.29, 1.82) is 0 Å². The molecule has 2 heterocycles. The first kappa shape index (κ1) is 12.0. The minimum absolute atomic E-state index is 0.00980. The Hall–Kier alpha value is -2.10. The minimum Gasteiger partial charge on any atom is -0.367 e. The summed E-state index contributed by atoms with van der Waals surface area (Å²) in [5, 5.41) is 3.01.